The molecule has 16 heteroatoms. The zero-order valence-corrected chi connectivity index (χ0v) is 23.1. The summed E-state index contributed by atoms with van der Waals surface area (Å²) in [6.07, 6.45) is -6.38. The number of carbonyl (C=O) groups excluding carboxylic acids is 6. The molecule has 0 aliphatic carbocycles. The van der Waals surface area contributed by atoms with Crippen LogP contribution < -0.4 is 0 Å². The summed E-state index contributed by atoms with van der Waals surface area (Å²) in [5.74, 6) is -5.59. The normalized spacial score (nSPS) is 24.5. The molecule has 5 atom stereocenters. The lowest BCUT2D eigenvalue weighted by atomic mass is 9.94. The van der Waals surface area contributed by atoms with Crippen LogP contribution in [0.5, 0.6) is 0 Å². The van der Waals surface area contributed by atoms with E-state index in [1.165, 1.54) is 0 Å². The molecule has 0 unspecified atom stereocenters. The molecule has 0 saturated carbocycles. The third-order valence-corrected chi connectivity index (χ3v) is 7.18. The van der Waals surface area contributed by atoms with Gasteiger partial charge in [0.1, 0.15) is 18.8 Å². The van der Waals surface area contributed by atoms with Crippen LogP contribution in [0.1, 0.15) is 48.4 Å². The van der Waals surface area contributed by atoms with Crippen LogP contribution >= 0.6 is 46.4 Å². The van der Waals surface area contributed by atoms with Crippen molar-refractivity contribution in [1.29, 1.82) is 0 Å². The van der Waals surface area contributed by atoms with Gasteiger partial charge in [-0.05, 0) is 0 Å². The highest BCUT2D eigenvalue weighted by atomic mass is 35.5. The van der Waals surface area contributed by atoms with Crippen molar-refractivity contribution in [3.8, 4) is 0 Å². The number of ether oxygens (including phenoxy) is 5. The summed E-state index contributed by atoms with van der Waals surface area (Å²) in [6, 6.07) is -1.74. The summed E-state index contributed by atoms with van der Waals surface area (Å²) in [4.78, 5) is 75.2. The molecule has 38 heavy (non-hydrogen) atoms. The van der Waals surface area contributed by atoms with Crippen molar-refractivity contribution < 1.29 is 52.5 Å². The number of amides is 2. The Kier molecular flexibility index (Phi) is 9.15. The lowest BCUT2D eigenvalue weighted by Gasteiger charge is -2.46. The third-order valence-electron chi connectivity index (χ3n) is 5.38. The van der Waals surface area contributed by atoms with E-state index >= 15 is 0 Å². The van der Waals surface area contributed by atoms with Crippen molar-refractivity contribution in [1.82, 2.24) is 4.90 Å². The van der Waals surface area contributed by atoms with Crippen molar-refractivity contribution in [2.75, 3.05) is 6.61 Å². The van der Waals surface area contributed by atoms with Crippen LogP contribution in [-0.4, -0.2) is 77.8 Å². The predicted octanol–water partition coefficient (Wildman–Crippen LogP) is 2.98. The Morgan fingerprint density at radius 3 is 1.58 bits per heavy atom. The largest absolute Gasteiger partial charge is 0.463 e. The summed E-state index contributed by atoms with van der Waals surface area (Å²) in [7, 11) is 0. The molecule has 2 heterocycles. The van der Waals surface area contributed by atoms with Gasteiger partial charge >= 0.3 is 23.9 Å². The first kappa shape index (κ1) is 29.9. The zero-order valence-electron chi connectivity index (χ0n) is 20.0. The van der Waals surface area contributed by atoms with E-state index in [0.29, 0.717) is 4.90 Å². The number of hydrogen-bond acceptors (Lipinski definition) is 11. The molecule has 0 radical (unpaired) electrons. The van der Waals surface area contributed by atoms with Crippen LogP contribution in [0.3, 0.4) is 0 Å². The fourth-order valence-corrected chi connectivity index (χ4v) is 5.07. The van der Waals surface area contributed by atoms with Gasteiger partial charge in [0.05, 0.1) is 31.2 Å². The van der Waals surface area contributed by atoms with Crippen LogP contribution in [0.25, 0.3) is 0 Å². The Balaban J connectivity index is 2.21. The minimum absolute atomic E-state index is 0.299. The van der Waals surface area contributed by atoms with Crippen LogP contribution in [0, 0.1) is 0 Å². The second-order valence-corrected chi connectivity index (χ2v) is 9.59. The summed E-state index contributed by atoms with van der Waals surface area (Å²) in [5, 5.41) is -1.36. The number of carbonyl (C=O) groups is 6. The average molecular weight is 615 g/mol. The van der Waals surface area contributed by atoms with E-state index in [1.54, 1.807) is 0 Å². The summed E-state index contributed by atoms with van der Waals surface area (Å²) < 4.78 is 26.6. The highest BCUT2D eigenvalue weighted by molar-refractivity contribution is 6.55. The molecular formula is C22H19Cl4NO11. The lowest BCUT2D eigenvalue weighted by Crippen LogP contribution is -2.67. The van der Waals surface area contributed by atoms with Crippen LogP contribution in [0.2, 0.25) is 20.1 Å². The maximum atomic E-state index is 13.6. The van der Waals surface area contributed by atoms with Crippen molar-refractivity contribution in [2.24, 2.45) is 0 Å². The molecule has 1 fully saturated rings. The molecule has 1 aromatic rings. The van der Waals surface area contributed by atoms with Gasteiger partial charge in [-0.2, -0.15) is 0 Å². The van der Waals surface area contributed by atoms with E-state index in [2.05, 4.69) is 0 Å². The molecule has 1 saturated heterocycles. The van der Waals surface area contributed by atoms with Gasteiger partial charge in [0.2, 0.25) is 6.29 Å². The van der Waals surface area contributed by atoms with E-state index in [-0.39, 0.29) is 20.1 Å². The maximum Gasteiger partial charge on any atom is 0.305 e. The minimum atomic E-state index is -1.80. The molecule has 0 bridgehead atoms. The Bertz CT molecular complexity index is 1190. The topological polar surface area (TPSA) is 152 Å². The molecule has 0 aromatic heterocycles. The van der Waals surface area contributed by atoms with E-state index in [0.717, 1.165) is 27.7 Å². The Morgan fingerprint density at radius 2 is 1.16 bits per heavy atom. The van der Waals surface area contributed by atoms with Gasteiger partial charge in [-0.3, -0.25) is 33.7 Å². The van der Waals surface area contributed by atoms with Crippen molar-refractivity contribution in [3.63, 3.8) is 0 Å². The number of fused-ring (bicyclic) bond motifs is 1. The van der Waals surface area contributed by atoms with Crippen LogP contribution in [0.15, 0.2) is 0 Å². The Morgan fingerprint density at radius 1 is 0.711 bits per heavy atom. The molecular weight excluding hydrogens is 596 g/mol. The fraction of sp³-hybridized carbons (Fsp3) is 0.455. The lowest BCUT2D eigenvalue weighted by molar-refractivity contribution is -0.278. The Labute approximate surface area is 235 Å². The molecule has 0 N–H and O–H groups in total. The minimum Gasteiger partial charge on any atom is -0.463 e. The first-order chi connectivity index (χ1) is 17.7. The van der Waals surface area contributed by atoms with Gasteiger partial charge in [0.15, 0.2) is 12.2 Å². The molecule has 12 nitrogen and oxygen atoms in total. The molecule has 0 spiro atoms. The maximum absolute atomic E-state index is 13.6. The second-order valence-electron chi connectivity index (χ2n) is 8.08. The van der Waals surface area contributed by atoms with E-state index in [4.69, 9.17) is 70.1 Å². The first-order valence-electron chi connectivity index (χ1n) is 10.7. The Hall–Kier alpha value is -2.64. The van der Waals surface area contributed by atoms with Gasteiger partial charge in [0, 0.05) is 27.7 Å². The monoisotopic (exact) mass is 613 g/mol. The number of benzene rings is 1. The highest BCUT2D eigenvalue weighted by Gasteiger charge is 2.59. The summed E-state index contributed by atoms with van der Waals surface area (Å²) in [6.45, 7) is 3.61. The van der Waals surface area contributed by atoms with Gasteiger partial charge in [0.25, 0.3) is 11.8 Å². The molecule has 2 aliphatic rings. The van der Waals surface area contributed by atoms with Gasteiger partial charge in [-0.1, -0.05) is 46.4 Å². The number of nitrogens with zero attached hydrogens (tertiary/aromatic N) is 1. The van der Waals surface area contributed by atoms with E-state index in [9.17, 15) is 28.8 Å². The predicted molar refractivity (Wildman–Crippen MR) is 129 cm³/mol. The summed E-state index contributed by atoms with van der Waals surface area (Å²) >= 11 is 24.6. The number of rotatable bonds is 6. The second kappa shape index (κ2) is 11.6. The smallest absolute Gasteiger partial charge is 0.305 e. The number of imide groups is 1. The zero-order chi connectivity index (χ0) is 28.6. The average Bonchev–Trinajstić information content (AvgIpc) is 3.06. The third kappa shape index (κ3) is 5.69. The fourth-order valence-electron chi connectivity index (χ4n) is 4.05. The quantitative estimate of drug-likeness (QED) is 0.153. The first-order valence-corrected chi connectivity index (χ1v) is 12.2. The van der Waals surface area contributed by atoms with Crippen molar-refractivity contribution in [2.45, 2.75) is 58.3 Å². The van der Waals surface area contributed by atoms with Crippen LogP contribution in [-0.2, 0) is 42.9 Å². The molecule has 2 amide bonds. The molecule has 2 aliphatic heterocycles. The molecule has 3 rings (SSSR count). The van der Waals surface area contributed by atoms with Gasteiger partial charge in [-0.15, -0.1) is 0 Å². The van der Waals surface area contributed by atoms with Gasteiger partial charge in [-0.25, -0.2) is 0 Å². The SMILES string of the molecule is CC(=O)OC[C@H]1O[C@@H](OC(C)=O)[C@H](N2C(=O)c3c(Cl)c(Cl)c(Cl)c(Cl)c3C2=O)[C@@H](OC(C)=O)[C@@H]1OC(C)=O. The van der Waals surface area contributed by atoms with E-state index < -0.39 is 84.1 Å². The van der Waals surface area contributed by atoms with Crippen molar-refractivity contribution in [3.05, 3.63) is 31.2 Å². The number of esters is 4. The number of hydrogen-bond donors (Lipinski definition) is 0. The molecule has 1 aromatic carbocycles. The van der Waals surface area contributed by atoms with Gasteiger partial charge < -0.3 is 23.7 Å². The highest BCUT2D eigenvalue weighted by Crippen LogP contribution is 2.46. The van der Waals surface area contributed by atoms with E-state index in [1.807, 2.05) is 0 Å². The molecule has 206 valence electrons. The standard InChI is InChI=1S/C22H19Cl4NO11/c1-6(28)34-5-10-18(35-7(2)29)19(36-8(3)30)17(22(38-10)37-9(4)31)27-20(32)11-12(21(27)33)14(24)16(26)15(25)13(11)23/h10,17-19,22H,5H2,1-4H3/t10-,17-,18-,19-,22-/m1/s1. The van der Waals surface area contributed by atoms with Crippen molar-refractivity contribution >= 4 is 82.1 Å². The van der Waals surface area contributed by atoms with Crippen LogP contribution in [0.4, 0.5) is 0 Å². The summed E-state index contributed by atoms with van der Waals surface area (Å²) in [5.41, 5.74) is -0.824. The number of halogens is 4.